The highest BCUT2D eigenvalue weighted by molar-refractivity contribution is 5.68. The lowest BCUT2D eigenvalue weighted by Gasteiger charge is -2.08. The summed E-state index contributed by atoms with van der Waals surface area (Å²) < 4.78 is 6.82. The van der Waals surface area contributed by atoms with Crippen molar-refractivity contribution in [3.8, 4) is 5.75 Å². The molecule has 20 heavy (non-hydrogen) atoms. The van der Waals surface area contributed by atoms with E-state index in [1.54, 1.807) is 22.9 Å². The number of rotatable bonds is 6. The normalized spacial score (nSPS) is 10.3. The standard InChI is InChI=1S/C13H16N4O3/c1-3-16-8-7-10(15-16)9-14-11-5-4-6-12(20-2)13(11)17(18)19/h4-8,14H,3,9H2,1-2H3. The van der Waals surface area contributed by atoms with Crippen molar-refractivity contribution in [2.75, 3.05) is 12.4 Å². The van der Waals surface area contributed by atoms with Crippen molar-refractivity contribution in [1.82, 2.24) is 9.78 Å². The van der Waals surface area contributed by atoms with Crippen LogP contribution in [0.25, 0.3) is 0 Å². The highest BCUT2D eigenvalue weighted by Gasteiger charge is 2.20. The predicted octanol–water partition coefficient (Wildman–Crippen LogP) is 2.43. The largest absolute Gasteiger partial charge is 0.490 e. The van der Waals surface area contributed by atoms with Gasteiger partial charge in [0.1, 0.15) is 5.69 Å². The van der Waals surface area contributed by atoms with Crippen molar-refractivity contribution in [2.45, 2.75) is 20.0 Å². The number of nitro benzene ring substituents is 1. The van der Waals surface area contributed by atoms with Crippen LogP contribution >= 0.6 is 0 Å². The van der Waals surface area contributed by atoms with E-state index >= 15 is 0 Å². The number of ether oxygens (including phenoxy) is 1. The van der Waals surface area contributed by atoms with Crippen molar-refractivity contribution in [3.05, 3.63) is 46.3 Å². The average Bonchev–Trinajstić information content (AvgIpc) is 2.92. The van der Waals surface area contributed by atoms with Crippen LogP contribution in [0.5, 0.6) is 5.75 Å². The third kappa shape index (κ3) is 2.87. The van der Waals surface area contributed by atoms with E-state index in [2.05, 4.69) is 10.4 Å². The minimum Gasteiger partial charge on any atom is -0.490 e. The van der Waals surface area contributed by atoms with Gasteiger partial charge < -0.3 is 10.1 Å². The maximum Gasteiger partial charge on any atom is 0.333 e. The molecule has 1 aromatic heterocycles. The SMILES string of the molecule is CCn1ccc(CNc2cccc(OC)c2[N+](=O)[O-])n1. The monoisotopic (exact) mass is 276 g/mol. The van der Waals surface area contributed by atoms with Crippen LogP contribution in [0.4, 0.5) is 11.4 Å². The van der Waals surface area contributed by atoms with Gasteiger partial charge in [-0.25, -0.2) is 0 Å². The van der Waals surface area contributed by atoms with E-state index in [1.165, 1.54) is 7.11 Å². The molecular weight excluding hydrogens is 260 g/mol. The fourth-order valence-corrected chi connectivity index (χ4v) is 1.88. The van der Waals surface area contributed by atoms with Crippen LogP contribution in [-0.2, 0) is 13.1 Å². The van der Waals surface area contributed by atoms with Crippen molar-refractivity contribution >= 4 is 11.4 Å². The van der Waals surface area contributed by atoms with E-state index in [-0.39, 0.29) is 11.4 Å². The number of nitrogens with one attached hydrogen (secondary N) is 1. The topological polar surface area (TPSA) is 82.2 Å². The lowest BCUT2D eigenvalue weighted by atomic mass is 10.2. The highest BCUT2D eigenvalue weighted by Crippen LogP contribution is 2.34. The molecule has 0 amide bonds. The number of hydrogen-bond acceptors (Lipinski definition) is 5. The molecule has 0 unspecified atom stereocenters. The third-order valence-corrected chi connectivity index (χ3v) is 2.88. The molecule has 2 aromatic rings. The molecule has 0 aliphatic heterocycles. The smallest absolute Gasteiger partial charge is 0.333 e. The number of nitrogens with zero attached hydrogens (tertiary/aromatic N) is 3. The van der Waals surface area contributed by atoms with Crippen LogP contribution in [-0.4, -0.2) is 21.8 Å². The van der Waals surface area contributed by atoms with Gasteiger partial charge >= 0.3 is 5.69 Å². The molecule has 1 heterocycles. The zero-order valence-electron chi connectivity index (χ0n) is 11.4. The molecule has 7 nitrogen and oxygen atoms in total. The molecule has 0 radical (unpaired) electrons. The fourth-order valence-electron chi connectivity index (χ4n) is 1.88. The summed E-state index contributed by atoms with van der Waals surface area (Å²) in [5.74, 6) is 0.235. The summed E-state index contributed by atoms with van der Waals surface area (Å²) in [6, 6.07) is 6.80. The van der Waals surface area contributed by atoms with Crippen LogP contribution < -0.4 is 10.1 Å². The average molecular weight is 276 g/mol. The lowest BCUT2D eigenvalue weighted by molar-refractivity contribution is -0.384. The number of benzene rings is 1. The Morgan fingerprint density at radius 3 is 2.85 bits per heavy atom. The molecule has 0 fully saturated rings. The van der Waals surface area contributed by atoms with E-state index in [4.69, 9.17) is 4.74 Å². The van der Waals surface area contributed by atoms with Gasteiger partial charge in [-0.1, -0.05) is 6.07 Å². The molecule has 0 aliphatic rings. The Morgan fingerprint density at radius 1 is 1.45 bits per heavy atom. The molecule has 0 saturated carbocycles. The predicted molar refractivity (Wildman–Crippen MR) is 74.9 cm³/mol. The molecule has 7 heteroatoms. The molecule has 0 bridgehead atoms. The van der Waals surface area contributed by atoms with E-state index in [0.29, 0.717) is 12.2 Å². The van der Waals surface area contributed by atoms with Crippen LogP contribution in [0.3, 0.4) is 0 Å². The molecule has 0 spiro atoms. The number of anilines is 1. The minimum absolute atomic E-state index is 0.0649. The van der Waals surface area contributed by atoms with Gasteiger partial charge in [0.05, 0.1) is 24.3 Å². The zero-order valence-corrected chi connectivity index (χ0v) is 11.4. The first-order valence-corrected chi connectivity index (χ1v) is 6.23. The van der Waals surface area contributed by atoms with Crippen molar-refractivity contribution in [3.63, 3.8) is 0 Å². The van der Waals surface area contributed by atoms with Crippen molar-refractivity contribution < 1.29 is 9.66 Å². The van der Waals surface area contributed by atoms with Crippen molar-refractivity contribution in [1.29, 1.82) is 0 Å². The van der Waals surface area contributed by atoms with Gasteiger partial charge in [0.2, 0.25) is 0 Å². The van der Waals surface area contributed by atoms with E-state index < -0.39 is 4.92 Å². The summed E-state index contributed by atoms with van der Waals surface area (Å²) in [4.78, 5) is 10.7. The van der Waals surface area contributed by atoms with Gasteiger partial charge in [-0.15, -0.1) is 0 Å². The Bertz CT molecular complexity index is 609. The van der Waals surface area contributed by atoms with Gasteiger partial charge in [-0.2, -0.15) is 5.10 Å². The number of aromatic nitrogens is 2. The summed E-state index contributed by atoms with van der Waals surface area (Å²) in [5, 5.41) is 18.5. The summed E-state index contributed by atoms with van der Waals surface area (Å²) in [7, 11) is 1.41. The first-order chi connectivity index (χ1) is 9.65. The van der Waals surface area contributed by atoms with Crippen LogP contribution in [0.1, 0.15) is 12.6 Å². The van der Waals surface area contributed by atoms with Gasteiger partial charge in [0.15, 0.2) is 5.75 Å². The number of nitro groups is 1. The fraction of sp³-hybridized carbons (Fsp3) is 0.308. The molecule has 106 valence electrons. The Kier molecular flexibility index (Phi) is 4.19. The quantitative estimate of drug-likeness (QED) is 0.647. The number of methoxy groups -OCH3 is 1. The third-order valence-electron chi connectivity index (χ3n) is 2.88. The zero-order chi connectivity index (χ0) is 14.5. The second kappa shape index (κ2) is 6.05. The van der Waals surface area contributed by atoms with Gasteiger partial charge in [-0.05, 0) is 25.1 Å². The number of aryl methyl sites for hydroxylation is 1. The van der Waals surface area contributed by atoms with Gasteiger partial charge in [0.25, 0.3) is 0 Å². The van der Waals surface area contributed by atoms with E-state index in [9.17, 15) is 10.1 Å². The Balaban J connectivity index is 2.18. The number of para-hydroxylation sites is 1. The highest BCUT2D eigenvalue weighted by atomic mass is 16.6. The Labute approximate surface area is 116 Å². The maximum atomic E-state index is 11.1. The van der Waals surface area contributed by atoms with Crippen LogP contribution in [0.2, 0.25) is 0 Å². The first-order valence-electron chi connectivity index (χ1n) is 6.23. The van der Waals surface area contributed by atoms with Crippen LogP contribution in [0.15, 0.2) is 30.5 Å². The Morgan fingerprint density at radius 2 is 2.25 bits per heavy atom. The second-order valence-electron chi connectivity index (χ2n) is 4.13. The Hall–Kier alpha value is -2.57. The van der Waals surface area contributed by atoms with Crippen LogP contribution in [0, 0.1) is 10.1 Å². The summed E-state index contributed by atoms with van der Waals surface area (Å²) >= 11 is 0. The van der Waals surface area contributed by atoms with Crippen molar-refractivity contribution in [2.24, 2.45) is 0 Å². The van der Waals surface area contributed by atoms with E-state index in [0.717, 1.165) is 12.2 Å². The molecule has 0 atom stereocenters. The van der Waals surface area contributed by atoms with Gasteiger partial charge in [-0.3, -0.25) is 14.8 Å². The summed E-state index contributed by atoms with van der Waals surface area (Å²) in [5.41, 5.74) is 1.18. The summed E-state index contributed by atoms with van der Waals surface area (Å²) in [6.07, 6.45) is 1.87. The maximum absolute atomic E-state index is 11.1. The summed E-state index contributed by atoms with van der Waals surface area (Å²) in [6.45, 7) is 3.21. The molecule has 1 N–H and O–H groups in total. The molecular formula is C13H16N4O3. The number of hydrogen-bond donors (Lipinski definition) is 1. The first kappa shape index (κ1) is 13.9. The van der Waals surface area contributed by atoms with E-state index in [1.807, 2.05) is 19.2 Å². The minimum atomic E-state index is -0.453. The molecule has 2 rings (SSSR count). The molecule has 1 aromatic carbocycles. The lowest BCUT2D eigenvalue weighted by Crippen LogP contribution is -2.05. The molecule has 0 aliphatic carbocycles. The van der Waals surface area contributed by atoms with Gasteiger partial charge in [0, 0.05) is 12.7 Å². The second-order valence-corrected chi connectivity index (χ2v) is 4.13. The molecule has 0 saturated heterocycles.